The van der Waals surface area contributed by atoms with Crippen molar-refractivity contribution in [3.8, 4) is 0 Å². The number of aryl methyl sites for hydroxylation is 3. The first kappa shape index (κ1) is 20.6. The molecular weight excluding hydrogens is 328 g/mol. The summed E-state index contributed by atoms with van der Waals surface area (Å²) in [7, 11) is -1.99. The summed E-state index contributed by atoms with van der Waals surface area (Å²) < 4.78 is 32.7. The van der Waals surface area contributed by atoms with Crippen molar-refractivity contribution in [1.82, 2.24) is 9.62 Å². The Balaban J connectivity index is 2.73. The van der Waals surface area contributed by atoms with Crippen LogP contribution in [0.2, 0.25) is 0 Å². The van der Waals surface area contributed by atoms with Gasteiger partial charge in [-0.3, -0.25) is 4.79 Å². The molecule has 0 fully saturated rings. The van der Waals surface area contributed by atoms with Gasteiger partial charge in [0.2, 0.25) is 15.9 Å². The van der Waals surface area contributed by atoms with Crippen LogP contribution in [0.15, 0.2) is 17.0 Å². The number of amides is 1. The van der Waals surface area contributed by atoms with Gasteiger partial charge in [0.25, 0.3) is 0 Å². The topological polar surface area (TPSA) is 75.7 Å². The Bertz CT molecular complexity index is 648. The summed E-state index contributed by atoms with van der Waals surface area (Å²) >= 11 is 0. The van der Waals surface area contributed by atoms with E-state index in [9.17, 15) is 13.2 Å². The summed E-state index contributed by atoms with van der Waals surface area (Å²) in [4.78, 5) is 13.6. The van der Waals surface area contributed by atoms with Gasteiger partial charge in [-0.25, -0.2) is 13.1 Å². The second-order valence-electron chi connectivity index (χ2n) is 5.98. The van der Waals surface area contributed by atoms with Gasteiger partial charge >= 0.3 is 0 Å². The molecule has 0 unspecified atom stereocenters. The largest absolute Gasteiger partial charge is 0.385 e. The maximum Gasteiger partial charge on any atom is 0.241 e. The third-order valence-corrected chi connectivity index (χ3v) is 5.53. The molecule has 0 heterocycles. The number of carbonyl (C=O) groups is 1. The fourth-order valence-corrected chi connectivity index (χ4v) is 4.27. The number of ether oxygens (including phenoxy) is 1. The van der Waals surface area contributed by atoms with E-state index < -0.39 is 10.0 Å². The van der Waals surface area contributed by atoms with Gasteiger partial charge in [-0.15, -0.1) is 0 Å². The van der Waals surface area contributed by atoms with Gasteiger partial charge in [0.1, 0.15) is 0 Å². The van der Waals surface area contributed by atoms with Crippen LogP contribution >= 0.6 is 0 Å². The fourth-order valence-electron chi connectivity index (χ4n) is 2.80. The molecule has 0 saturated heterocycles. The van der Waals surface area contributed by atoms with E-state index in [1.807, 2.05) is 19.1 Å². The molecule has 1 amide bonds. The minimum absolute atomic E-state index is 0.0759. The standard InChI is InChI=1S/C17H28N2O4S/c1-13-11-14(2)17(15(3)12-13)24(21,22)18-7-9-19(16(4)20)8-6-10-23-5/h11-12,18H,6-10H2,1-5H3. The number of rotatable bonds is 9. The van der Waals surface area contributed by atoms with Gasteiger partial charge in [0.15, 0.2) is 0 Å². The Kier molecular flexibility index (Phi) is 7.86. The van der Waals surface area contributed by atoms with E-state index in [4.69, 9.17) is 4.74 Å². The average Bonchev–Trinajstić information content (AvgIpc) is 2.43. The first-order valence-corrected chi connectivity index (χ1v) is 9.49. The molecule has 24 heavy (non-hydrogen) atoms. The van der Waals surface area contributed by atoms with Crippen molar-refractivity contribution in [3.63, 3.8) is 0 Å². The molecule has 0 radical (unpaired) electrons. The molecule has 1 N–H and O–H groups in total. The molecule has 0 bridgehead atoms. The highest BCUT2D eigenvalue weighted by Crippen LogP contribution is 2.21. The SMILES string of the molecule is COCCCN(CCNS(=O)(=O)c1c(C)cc(C)cc1C)C(C)=O. The van der Waals surface area contributed by atoms with Gasteiger partial charge < -0.3 is 9.64 Å². The van der Waals surface area contributed by atoms with Crippen LogP contribution in [0.3, 0.4) is 0 Å². The molecule has 1 aromatic rings. The second-order valence-corrected chi connectivity index (χ2v) is 7.68. The molecule has 0 aliphatic heterocycles. The predicted molar refractivity (Wildman–Crippen MR) is 94.6 cm³/mol. The lowest BCUT2D eigenvalue weighted by Gasteiger charge is -2.21. The van der Waals surface area contributed by atoms with E-state index in [1.54, 1.807) is 25.9 Å². The lowest BCUT2D eigenvalue weighted by atomic mass is 10.1. The lowest BCUT2D eigenvalue weighted by Crippen LogP contribution is -2.38. The van der Waals surface area contributed by atoms with Crippen molar-refractivity contribution >= 4 is 15.9 Å². The number of nitrogens with zero attached hydrogens (tertiary/aromatic N) is 1. The van der Waals surface area contributed by atoms with E-state index in [2.05, 4.69) is 4.72 Å². The average molecular weight is 356 g/mol. The molecule has 1 rings (SSSR count). The van der Waals surface area contributed by atoms with Crippen molar-refractivity contribution in [1.29, 1.82) is 0 Å². The number of sulfonamides is 1. The number of hydrogen-bond acceptors (Lipinski definition) is 4. The van der Waals surface area contributed by atoms with Crippen LogP contribution in [0.1, 0.15) is 30.0 Å². The molecule has 0 aromatic heterocycles. The minimum atomic E-state index is -3.60. The maximum atomic E-state index is 12.6. The quantitative estimate of drug-likeness (QED) is 0.684. The maximum absolute atomic E-state index is 12.6. The number of carbonyl (C=O) groups excluding carboxylic acids is 1. The highest BCUT2D eigenvalue weighted by atomic mass is 32.2. The number of nitrogens with one attached hydrogen (secondary N) is 1. The third-order valence-electron chi connectivity index (χ3n) is 3.77. The molecular formula is C17H28N2O4S. The molecule has 0 atom stereocenters. The van der Waals surface area contributed by atoms with E-state index >= 15 is 0 Å². The lowest BCUT2D eigenvalue weighted by molar-refractivity contribution is -0.128. The summed E-state index contributed by atoms with van der Waals surface area (Å²) in [5.74, 6) is -0.0759. The van der Waals surface area contributed by atoms with Crippen LogP contribution in [-0.2, 0) is 19.6 Å². The minimum Gasteiger partial charge on any atom is -0.385 e. The molecule has 0 aliphatic rings. The number of hydrogen-bond donors (Lipinski definition) is 1. The molecule has 1 aromatic carbocycles. The molecule has 0 spiro atoms. The van der Waals surface area contributed by atoms with Crippen LogP contribution in [0.25, 0.3) is 0 Å². The number of benzene rings is 1. The van der Waals surface area contributed by atoms with Crippen LogP contribution in [0.4, 0.5) is 0 Å². The third kappa shape index (κ3) is 5.89. The van der Waals surface area contributed by atoms with Crippen molar-refractivity contribution < 1.29 is 17.9 Å². The van der Waals surface area contributed by atoms with Crippen molar-refractivity contribution in [2.24, 2.45) is 0 Å². The van der Waals surface area contributed by atoms with E-state index in [1.165, 1.54) is 6.92 Å². The highest BCUT2D eigenvalue weighted by molar-refractivity contribution is 7.89. The highest BCUT2D eigenvalue weighted by Gasteiger charge is 2.20. The van der Waals surface area contributed by atoms with Crippen molar-refractivity contribution in [2.75, 3.05) is 33.4 Å². The van der Waals surface area contributed by atoms with E-state index in [0.29, 0.717) is 24.6 Å². The summed E-state index contributed by atoms with van der Waals surface area (Å²) in [6, 6.07) is 3.71. The number of methoxy groups -OCH3 is 1. The zero-order valence-corrected chi connectivity index (χ0v) is 16.0. The molecule has 0 aliphatic carbocycles. The zero-order chi connectivity index (χ0) is 18.3. The summed E-state index contributed by atoms with van der Waals surface area (Å²) in [6.07, 6.45) is 0.721. The van der Waals surface area contributed by atoms with E-state index in [0.717, 1.165) is 23.1 Å². The summed E-state index contributed by atoms with van der Waals surface area (Å²) in [5, 5.41) is 0. The van der Waals surface area contributed by atoms with Gasteiger partial charge in [0.05, 0.1) is 4.90 Å². The van der Waals surface area contributed by atoms with Gasteiger partial charge in [-0.05, 0) is 38.3 Å². The Hall–Kier alpha value is -1.44. The van der Waals surface area contributed by atoms with Crippen LogP contribution < -0.4 is 4.72 Å². The molecule has 136 valence electrons. The Morgan fingerprint density at radius 3 is 2.25 bits per heavy atom. The first-order valence-electron chi connectivity index (χ1n) is 8.01. The fraction of sp³-hybridized carbons (Fsp3) is 0.588. The Morgan fingerprint density at radius 2 is 1.75 bits per heavy atom. The molecule has 7 heteroatoms. The predicted octanol–water partition coefficient (Wildman–Crippen LogP) is 1.78. The summed E-state index contributed by atoms with van der Waals surface area (Å²) in [5.41, 5.74) is 2.48. The van der Waals surface area contributed by atoms with Crippen molar-refractivity contribution in [2.45, 2.75) is 39.0 Å². The summed E-state index contributed by atoms with van der Waals surface area (Å²) in [6.45, 7) is 8.64. The van der Waals surface area contributed by atoms with Crippen LogP contribution in [-0.4, -0.2) is 52.6 Å². The van der Waals surface area contributed by atoms with Crippen molar-refractivity contribution in [3.05, 3.63) is 28.8 Å². The zero-order valence-electron chi connectivity index (χ0n) is 15.2. The smallest absolute Gasteiger partial charge is 0.241 e. The second kappa shape index (κ2) is 9.15. The van der Waals surface area contributed by atoms with Gasteiger partial charge in [-0.1, -0.05) is 17.7 Å². The van der Waals surface area contributed by atoms with Gasteiger partial charge in [0, 0.05) is 40.3 Å². The van der Waals surface area contributed by atoms with Crippen LogP contribution in [0.5, 0.6) is 0 Å². The van der Waals surface area contributed by atoms with E-state index in [-0.39, 0.29) is 12.5 Å². The van der Waals surface area contributed by atoms with Crippen LogP contribution in [0, 0.1) is 20.8 Å². The molecule has 0 saturated carbocycles. The Morgan fingerprint density at radius 1 is 1.17 bits per heavy atom. The Labute approximate surface area is 145 Å². The van der Waals surface area contributed by atoms with Gasteiger partial charge in [-0.2, -0.15) is 0 Å². The monoisotopic (exact) mass is 356 g/mol. The normalized spacial score (nSPS) is 11.5. The first-order chi connectivity index (χ1) is 11.2. The molecule has 6 nitrogen and oxygen atoms in total.